The van der Waals surface area contributed by atoms with Gasteiger partial charge in [0.1, 0.15) is 0 Å². The van der Waals surface area contributed by atoms with Gasteiger partial charge in [0, 0.05) is 38.6 Å². The van der Waals surface area contributed by atoms with Gasteiger partial charge in [0.15, 0.2) is 0 Å². The van der Waals surface area contributed by atoms with Gasteiger partial charge in [-0.25, -0.2) is 0 Å². The Morgan fingerprint density at radius 3 is 2.53 bits per heavy atom. The number of piperidine rings is 1. The minimum Gasteiger partial charge on any atom is -0.342 e. The highest BCUT2D eigenvalue weighted by Gasteiger charge is 2.23. The van der Waals surface area contributed by atoms with Gasteiger partial charge in [-0.1, -0.05) is 6.42 Å². The van der Waals surface area contributed by atoms with Crippen molar-refractivity contribution in [3.8, 4) is 0 Å². The van der Waals surface area contributed by atoms with E-state index in [4.69, 9.17) is 0 Å². The summed E-state index contributed by atoms with van der Waals surface area (Å²) in [7, 11) is 2.16. The Bertz CT molecular complexity index is 314. The number of hydrogen-bond donors (Lipinski definition) is 0. The standard InChI is InChI=1S/C14H25N3O2/c1-15-7-3-2-4-13(15)5-6-14(19)17-10-8-16(12-18)9-11-17/h12-13H,2-11H2,1H3. The van der Waals surface area contributed by atoms with Crippen LogP contribution in [0, 0.1) is 0 Å². The third-order valence-corrected chi connectivity index (χ3v) is 4.43. The van der Waals surface area contributed by atoms with Gasteiger partial charge in [-0.2, -0.15) is 0 Å². The zero-order valence-electron chi connectivity index (χ0n) is 11.9. The van der Waals surface area contributed by atoms with Crippen LogP contribution < -0.4 is 0 Å². The van der Waals surface area contributed by atoms with E-state index in [-0.39, 0.29) is 5.91 Å². The van der Waals surface area contributed by atoms with Crippen LogP contribution in [0.15, 0.2) is 0 Å². The van der Waals surface area contributed by atoms with E-state index in [1.54, 1.807) is 4.90 Å². The predicted molar refractivity (Wildman–Crippen MR) is 73.7 cm³/mol. The fraction of sp³-hybridized carbons (Fsp3) is 0.857. The van der Waals surface area contributed by atoms with E-state index in [0.29, 0.717) is 38.6 Å². The van der Waals surface area contributed by atoms with Gasteiger partial charge in [0.25, 0.3) is 0 Å². The van der Waals surface area contributed by atoms with E-state index in [0.717, 1.165) is 19.4 Å². The molecule has 0 saturated carbocycles. The van der Waals surface area contributed by atoms with E-state index < -0.39 is 0 Å². The maximum Gasteiger partial charge on any atom is 0.222 e. The molecule has 2 aliphatic rings. The first kappa shape index (κ1) is 14.3. The van der Waals surface area contributed by atoms with Gasteiger partial charge in [-0.15, -0.1) is 0 Å². The van der Waals surface area contributed by atoms with Crippen LogP contribution in [0.3, 0.4) is 0 Å². The van der Waals surface area contributed by atoms with E-state index >= 15 is 0 Å². The van der Waals surface area contributed by atoms with Crippen LogP contribution in [0.4, 0.5) is 0 Å². The molecule has 2 rings (SSSR count). The Morgan fingerprint density at radius 2 is 1.89 bits per heavy atom. The molecule has 19 heavy (non-hydrogen) atoms. The molecule has 2 heterocycles. The first-order chi connectivity index (χ1) is 9.20. The summed E-state index contributed by atoms with van der Waals surface area (Å²) >= 11 is 0. The molecule has 0 aliphatic carbocycles. The number of hydrogen-bond acceptors (Lipinski definition) is 3. The van der Waals surface area contributed by atoms with Crippen LogP contribution in [0.2, 0.25) is 0 Å². The summed E-state index contributed by atoms with van der Waals surface area (Å²) < 4.78 is 0. The minimum absolute atomic E-state index is 0.254. The third kappa shape index (κ3) is 3.93. The lowest BCUT2D eigenvalue weighted by Crippen LogP contribution is -2.48. The lowest BCUT2D eigenvalue weighted by molar-refractivity contribution is -0.135. The number of carbonyl (C=O) groups is 2. The van der Waals surface area contributed by atoms with Gasteiger partial charge in [0.2, 0.25) is 12.3 Å². The van der Waals surface area contributed by atoms with Crippen molar-refractivity contribution in [3.05, 3.63) is 0 Å². The summed E-state index contributed by atoms with van der Waals surface area (Å²) in [6, 6.07) is 0.578. The van der Waals surface area contributed by atoms with Gasteiger partial charge in [0.05, 0.1) is 0 Å². The maximum absolute atomic E-state index is 12.1. The van der Waals surface area contributed by atoms with E-state index in [9.17, 15) is 9.59 Å². The minimum atomic E-state index is 0.254. The second-order valence-corrected chi connectivity index (χ2v) is 5.69. The number of nitrogens with zero attached hydrogens (tertiary/aromatic N) is 3. The van der Waals surface area contributed by atoms with E-state index in [1.165, 1.54) is 19.3 Å². The number of amides is 2. The van der Waals surface area contributed by atoms with Crippen LogP contribution >= 0.6 is 0 Å². The molecule has 1 atom stereocenters. The largest absolute Gasteiger partial charge is 0.342 e. The molecular formula is C14H25N3O2. The van der Waals surface area contributed by atoms with Crippen LogP contribution in [0.25, 0.3) is 0 Å². The zero-order chi connectivity index (χ0) is 13.7. The molecule has 0 N–H and O–H groups in total. The fourth-order valence-electron chi connectivity index (χ4n) is 3.03. The van der Waals surface area contributed by atoms with E-state index in [1.807, 2.05) is 4.90 Å². The Labute approximate surface area is 115 Å². The van der Waals surface area contributed by atoms with Gasteiger partial charge in [-0.3, -0.25) is 9.59 Å². The molecule has 2 aliphatic heterocycles. The van der Waals surface area contributed by atoms with Gasteiger partial charge >= 0.3 is 0 Å². The highest BCUT2D eigenvalue weighted by molar-refractivity contribution is 5.76. The summed E-state index contributed by atoms with van der Waals surface area (Å²) in [6.07, 6.45) is 6.30. The molecule has 1 unspecified atom stereocenters. The lowest BCUT2D eigenvalue weighted by atomic mass is 9.98. The van der Waals surface area contributed by atoms with Gasteiger partial charge in [-0.05, 0) is 32.9 Å². The summed E-state index contributed by atoms with van der Waals surface area (Å²) in [4.78, 5) is 28.8. The fourth-order valence-corrected chi connectivity index (χ4v) is 3.03. The van der Waals surface area contributed by atoms with Crippen LogP contribution in [-0.4, -0.2) is 72.8 Å². The number of likely N-dealkylation sites (tertiary alicyclic amines) is 1. The van der Waals surface area contributed by atoms with E-state index in [2.05, 4.69) is 11.9 Å². The quantitative estimate of drug-likeness (QED) is 0.699. The molecule has 0 radical (unpaired) electrons. The summed E-state index contributed by atoms with van der Waals surface area (Å²) in [5.41, 5.74) is 0. The number of rotatable bonds is 4. The van der Waals surface area contributed by atoms with Crippen molar-refractivity contribution in [2.45, 2.75) is 38.1 Å². The average molecular weight is 267 g/mol. The Balaban J connectivity index is 1.71. The smallest absolute Gasteiger partial charge is 0.222 e. The molecule has 5 nitrogen and oxygen atoms in total. The summed E-state index contributed by atoms with van der Waals surface area (Å²) in [6.45, 7) is 3.91. The lowest BCUT2D eigenvalue weighted by Gasteiger charge is -2.35. The summed E-state index contributed by atoms with van der Waals surface area (Å²) in [5.74, 6) is 0.254. The number of piperazine rings is 1. The van der Waals surface area contributed by atoms with Crippen LogP contribution in [-0.2, 0) is 9.59 Å². The summed E-state index contributed by atoms with van der Waals surface area (Å²) in [5, 5.41) is 0. The van der Waals surface area contributed by atoms with Crippen molar-refractivity contribution in [2.75, 3.05) is 39.8 Å². The predicted octanol–water partition coefficient (Wildman–Crippen LogP) is 0.552. The molecular weight excluding hydrogens is 242 g/mol. The van der Waals surface area contributed by atoms with Crippen molar-refractivity contribution in [1.29, 1.82) is 0 Å². The van der Waals surface area contributed by atoms with Crippen molar-refractivity contribution >= 4 is 12.3 Å². The molecule has 5 heteroatoms. The van der Waals surface area contributed by atoms with Crippen LogP contribution in [0.5, 0.6) is 0 Å². The molecule has 108 valence electrons. The Hall–Kier alpha value is -1.10. The molecule has 0 bridgehead atoms. The first-order valence-electron chi connectivity index (χ1n) is 7.38. The highest BCUT2D eigenvalue weighted by atomic mass is 16.2. The monoisotopic (exact) mass is 267 g/mol. The molecule has 2 saturated heterocycles. The second kappa shape index (κ2) is 6.89. The van der Waals surface area contributed by atoms with Gasteiger partial charge < -0.3 is 14.7 Å². The number of carbonyl (C=O) groups excluding carboxylic acids is 2. The molecule has 0 aromatic carbocycles. The third-order valence-electron chi connectivity index (χ3n) is 4.43. The average Bonchev–Trinajstić information content (AvgIpc) is 2.46. The Morgan fingerprint density at radius 1 is 1.16 bits per heavy atom. The SMILES string of the molecule is CN1CCCCC1CCC(=O)N1CCN(C=O)CC1. The molecule has 0 spiro atoms. The maximum atomic E-state index is 12.1. The van der Waals surface area contributed by atoms with Crippen molar-refractivity contribution in [2.24, 2.45) is 0 Å². The normalized spacial score (nSPS) is 25.4. The zero-order valence-corrected chi connectivity index (χ0v) is 11.9. The van der Waals surface area contributed by atoms with Crippen molar-refractivity contribution in [3.63, 3.8) is 0 Å². The highest BCUT2D eigenvalue weighted by Crippen LogP contribution is 2.19. The second-order valence-electron chi connectivity index (χ2n) is 5.69. The van der Waals surface area contributed by atoms with Crippen LogP contribution in [0.1, 0.15) is 32.1 Å². The van der Waals surface area contributed by atoms with Crippen molar-refractivity contribution < 1.29 is 9.59 Å². The van der Waals surface area contributed by atoms with Crippen molar-refractivity contribution in [1.82, 2.24) is 14.7 Å². The molecule has 2 fully saturated rings. The molecule has 2 amide bonds. The Kier molecular flexibility index (Phi) is 5.19. The first-order valence-corrected chi connectivity index (χ1v) is 7.38. The topological polar surface area (TPSA) is 43.9 Å². The molecule has 0 aromatic heterocycles. The molecule has 0 aromatic rings.